The highest BCUT2D eigenvalue weighted by Crippen LogP contribution is 2.28. The fourth-order valence-electron chi connectivity index (χ4n) is 3.23. The van der Waals surface area contributed by atoms with Gasteiger partial charge in [-0.2, -0.15) is 0 Å². The quantitative estimate of drug-likeness (QED) is 0.788. The van der Waals surface area contributed by atoms with Gasteiger partial charge in [0.1, 0.15) is 0 Å². The van der Waals surface area contributed by atoms with Gasteiger partial charge in [-0.15, -0.1) is 0 Å². The summed E-state index contributed by atoms with van der Waals surface area (Å²) in [6.45, 7) is 3.11. The Morgan fingerprint density at radius 1 is 1.18 bits per heavy atom. The minimum absolute atomic E-state index is 0.217. The molecule has 0 bridgehead atoms. The maximum atomic E-state index is 11.1. The smallest absolute Gasteiger partial charge is 0.220 e. The average molecular weight is 238 g/mol. The number of hydrogen-bond donors (Lipinski definition) is 2. The third-order valence-electron chi connectivity index (χ3n) is 4.28. The largest absolute Gasteiger partial charge is 0.355 e. The summed E-state index contributed by atoms with van der Waals surface area (Å²) in [5.41, 5.74) is 0. The summed E-state index contributed by atoms with van der Waals surface area (Å²) in [6.07, 6.45) is 9.90. The molecule has 1 aliphatic heterocycles. The molecular weight excluding hydrogens is 212 g/mol. The van der Waals surface area contributed by atoms with Gasteiger partial charge in [-0.3, -0.25) is 4.79 Å². The normalized spacial score (nSPS) is 34.4. The molecule has 1 heterocycles. The summed E-state index contributed by atoms with van der Waals surface area (Å²) in [5.74, 6) is 1.19. The topological polar surface area (TPSA) is 41.1 Å². The van der Waals surface area contributed by atoms with Crippen LogP contribution in [0, 0.1) is 5.92 Å². The zero-order valence-corrected chi connectivity index (χ0v) is 11.0. The van der Waals surface area contributed by atoms with E-state index in [2.05, 4.69) is 17.6 Å². The van der Waals surface area contributed by atoms with Crippen LogP contribution in [-0.2, 0) is 4.79 Å². The molecule has 3 heteroatoms. The summed E-state index contributed by atoms with van der Waals surface area (Å²) in [6, 6.07) is 1.21. The molecule has 17 heavy (non-hydrogen) atoms. The van der Waals surface area contributed by atoms with E-state index in [1.807, 2.05) is 0 Å². The van der Waals surface area contributed by atoms with E-state index < -0.39 is 0 Å². The molecule has 2 N–H and O–H groups in total. The van der Waals surface area contributed by atoms with Crippen molar-refractivity contribution in [3.63, 3.8) is 0 Å². The standard InChI is InChI=1S/C14H26N2O/c1-2-3-11-4-6-12(7-5-11)16-13-8-9-14(17)15-10-13/h11-13,16H,2-10H2,1H3,(H,15,17). The van der Waals surface area contributed by atoms with Crippen molar-refractivity contribution >= 4 is 5.91 Å². The maximum absolute atomic E-state index is 11.1. The highest BCUT2D eigenvalue weighted by Gasteiger charge is 2.24. The first-order valence-electron chi connectivity index (χ1n) is 7.30. The Balaban J connectivity index is 1.66. The lowest BCUT2D eigenvalue weighted by molar-refractivity contribution is -0.122. The van der Waals surface area contributed by atoms with E-state index in [1.54, 1.807) is 0 Å². The van der Waals surface area contributed by atoms with Gasteiger partial charge in [-0.25, -0.2) is 0 Å². The van der Waals surface area contributed by atoms with Crippen LogP contribution < -0.4 is 10.6 Å². The van der Waals surface area contributed by atoms with Gasteiger partial charge in [-0.05, 0) is 38.0 Å². The second-order valence-corrected chi connectivity index (χ2v) is 5.71. The molecule has 0 spiro atoms. The van der Waals surface area contributed by atoms with Crippen molar-refractivity contribution in [1.82, 2.24) is 10.6 Å². The van der Waals surface area contributed by atoms with E-state index in [-0.39, 0.29) is 5.91 Å². The molecule has 1 unspecified atom stereocenters. The van der Waals surface area contributed by atoms with Gasteiger partial charge in [0.25, 0.3) is 0 Å². The minimum Gasteiger partial charge on any atom is -0.355 e. The first-order chi connectivity index (χ1) is 8.28. The van der Waals surface area contributed by atoms with Crippen LogP contribution in [0.15, 0.2) is 0 Å². The van der Waals surface area contributed by atoms with Crippen molar-refractivity contribution < 1.29 is 4.79 Å². The number of piperidine rings is 1. The number of nitrogens with one attached hydrogen (secondary N) is 2. The van der Waals surface area contributed by atoms with Crippen LogP contribution in [0.4, 0.5) is 0 Å². The fourth-order valence-corrected chi connectivity index (χ4v) is 3.23. The molecule has 2 aliphatic rings. The lowest BCUT2D eigenvalue weighted by Crippen LogP contribution is -2.49. The monoisotopic (exact) mass is 238 g/mol. The third kappa shape index (κ3) is 3.98. The van der Waals surface area contributed by atoms with E-state index in [1.165, 1.54) is 38.5 Å². The molecule has 2 rings (SSSR count). The molecule has 1 amide bonds. The first kappa shape index (κ1) is 12.9. The van der Waals surface area contributed by atoms with E-state index in [0.717, 1.165) is 18.9 Å². The third-order valence-corrected chi connectivity index (χ3v) is 4.28. The second kappa shape index (κ2) is 6.39. The molecule has 98 valence electrons. The summed E-state index contributed by atoms with van der Waals surface area (Å²) in [7, 11) is 0. The summed E-state index contributed by atoms with van der Waals surface area (Å²) >= 11 is 0. The van der Waals surface area contributed by atoms with Crippen molar-refractivity contribution in [1.29, 1.82) is 0 Å². The highest BCUT2D eigenvalue weighted by atomic mass is 16.1. The van der Waals surface area contributed by atoms with E-state index >= 15 is 0 Å². The van der Waals surface area contributed by atoms with Crippen LogP contribution in [0.2, 0.25) is 0 Å². The van der Waals surface area contributed by atoms with Gasteiger partial charge in [0.05, 0.1) is 0 Å². The molecule has 0 aromatic carbocycles. The predicted octanol–water partition coefficient (Wildman–Crippen LogP) is 2.21. The minimum atomic E-state index is 0.217. The van der Waals surface area contributed by atoms with Crippen LogP contribution in [0.25, 0.3) is 0 Å². The van der Waals surface area contributed by atoms with Gasteiger partial charge in [-0.1, -0.05) is 19.8 Å². The van der Waals surface area contributed by atoms with Crippen molar-refractivity contribution in [3.8, 4) is 0 Å². The Bertz CT molecular complexity index is 237. The molecule has 1 saturated carbocycles. The van der Waals surface area contributed by atoms with Crippen LogP contribution in [0.1, 0.15) is 58.3 Å². The fraction of sp³-hybridized carbons (Fsp3) is 0.929. The van der Waals surface area contributed by atoms with Crippen molar-refractivity contribution in [3.05, 3.63) is 0 Å². The second-order valence-electron chi connectivity index (χ2n) is 5.71. The zero-order chi connectivity index (χ0) is 12.1. The van der Waals surface area contributed by atoms with Crippen LogP contribution >= 0.6 is 0 Å². The lowest BCUT2D eigenvalue weighted by Gasteiger charge is -2.33. The van der Waals surface area contributed by atoms with Crippen LogP contribution in [0.5, 0.6) is 0 Å². The number of hydrogen-bond acceptors (Lipinski definition) is 2. The summed E-state index contributed by atoms with van der Waals surface area (Å²) in [4.78, 5) is 11.1. The lowest BCUT2D eigenvalue weighted by atomic mass is 9.83. The van der Waals surface area contributed by atoms with Gasteiger partial charge in [0.2, 0.25) is 5.91 Å². The maximum Gasteiger partial charge on any atom is 0.220 e. The van der Waals surface area contributed by atoms with Gasteiger partial charge < -0.3 is 10.6 Å². The molecule has 2 fully saturated rings. The van der Waals surface area contributed by atoms with E-state index in [0.29, 0.717) is 18.5 Å². The Hall–Kier alpha value is -0.570. The van der Waals surface area contributed by atoms with E-state index in [9.17, 15) is 4.79 Å². The SMILES string of the molecule is CCCC1CCC(NC2CCC(=O)NC2)CC1. The number of amides is 1. The van der Waals surface area contributed by atoms with Crippen LogP contribution in [0.3, 0.4) is 0 Å². The number of rotatable bonds is 4. The van der Waals surface area contributed by atoms with E-state index in [4.69, 9.17) is 0 Å². The molecule has 3 nitrogen and oxygen atoms in total. The Morgan fingerprint density at radius 2 is 1.94 bits per heavy atom. The first-order valence-corrected chi connectivity index (χ1v) is 7.30. The highest BCUT2D eigenvalue weighted by molar-refractivity contribution is 5.76. The average Bonchev–Trinajstić information content (AvgIpc) is 2.35. The number of carbonyl (C=O) groups excluding carboxylic acids is 1. The van der Waals surface area contributed by atoms with Crippen LogP contribution in [-0.4, -0.2) is 24.5 Å². The van der Waals surface area contributed by atoms with Gasteiger partial charge in [0, 0.05) is 25.0 Å². The predicted molar refractivity (Wildman–Crippen MR) is 69.8 cm³/mol. The molecule has 1 atom stereocenters. The summed E-state index contributed by atoms with van der Waals surface area (Å²) in [5, 5.41) is 6.68. The molecule has 1 aliphatic carbocycles. The molecular formula is C14H26N2O. The Morgan fingerprint density at radius 3 is 2.53 bits per heavy atom. The van der Waals surface area contributed by atoms with Gasteiger partial charge in [0.15, 0.2) is 0 Å². The molecule has 0 aromatic heterocycles. The molecule has 0 radical (unpaired) electrons. The van der Waals surface area contributed by atoms with Gasteiger partial charge >= 0.3 is 0 Å². The number of carbonyl (C=O) groups is 1. The molecule has 1 saturated heterocycles. The van der Waals surface area contributed by atoms with Crippen molar-refractivity contribution in [2.45, 2.75) is 70.4 Å². The van der Waals surface area contributed by atoms with Crippen molar-refractivity contribution in [2.24, 2.45) is 5.92 Å². The van der Waals surface area contributed by atoms with Crippen molar-refractivity contribution in [2.75, 3.05) is 6.54 Å². The summed E-state index contributed by atoms with van der Waals surface area (Å²) < 4.78 is 0. The zero-order valence-electron chi connectivity index (χ0n) is 11.0. The molecule has 0 aromatic rings. The Kier molecular flexibility index (Phi) is 4.84. The Labute approximate surface area is 105 Å².